The van der Waals surface area contributed by atoms with E-state index in [-0.39, 0.29) is 17.3 Å². The number of nitrogen functional groups attached to an aromatic ring is 1. The number of nitrogens with one attached hydrogen (secondary N) is 1. The molecule has 1 aromatic carbocycles. The van der Waals surface area contributed by atoms with E-state index in [2.05, 4.69) is 9.82 Å². The second kappa shape index (κ2) is 5.39. The fourth-order valence-corrected chi connectivity index (χ4v) is 3.04. The fourth-order valence-electron chi connectivity index (χ4n) is 1.60. The Morgan fingerprint density at radius 3 is 2.80 bits per heavy atom. The molecule has 0 saturated carbocycles. The molecule has 1 aromatic heterocycles. The summed E-state index contributed by atoms with van der Waals surface area (Å²) >= 11 is 5.70. The Kier molecular flexibility index (Phi) is 3.98. The van der Waals surface area contributed by atoms with E-state index in [1.807, 2.05) is 0 Å². The predicted octanol–water partition coefficient (Wildman–Crippen LogP) is 1.27. The van der Waals surface area contributed by atoms with Gasteiger partial charge in [0.1, 0.15) is 4.90 Å². The van der Waals surface area contributed by atoms with Crippen LogP contribution in [0, 0.1) is 5.82 Å². The van der Waals surface area contributed by atoms with Crippen LogP contribution in [-0.4, -0.2) is 18.2 Å². The van der Waals surface area contributed by atoms with Crippen LogP contribution in [0.5, 0.6) is 0 Å². The zero-order chi connectivity index (χ0) is 14.9. The van der Waals surface area contributed by atoms with E-state index in [9.17, 15) is 12.8 Å². The van der Waals surface area contributed by atoms with E-state index in [0.29, 0.717) is 5.56 Å². The van der Waals surface area contributed by atoms with Gasteiger partial charge in [-0.2, -0.15) is 5.10 Å². The summed E-state index contributed by atoms with van der Waals surface area (Å²) in [5.74, 6) is -1.02. The molecule has 6 nitrogen and oxygen atoms in total. The van der Waals surface area contributed by atoms with Gasteiger partial charge in [0.2, 0.25) is 10.0 Å². The number of benzene rings is 1. The largest absolute Gasteiger partial charge is 0.396 e. The van der Waals surface area contributed by atoms with Crippen molar-refractivity contribution < 1.29 is 12.8 Å². The van der Waals surface area contributed by atoms with Gasteiger partial charge in [0.05, 0.1) is 11.9 Å². The average molecular weight is 319 g/mol. The summed E-state index contributed by atoms with van der Waals surface area (Å²) in [7, 11) is -2.35. The third-order valence-corrected chi connectivity index (χ3v) is 4.17. The third-order valence-electron chi connectivity index (χ3n) is 2.55. The Balaban J connectivity index is 2.27. The van der Waals surface area contributed by atoms with Crippen molar-refractivity contribution >= 4 is 27.3 Å². The number of rotatable bonds is 4. The summed E-state index contributed by atoms with van der Waals surface area (Å²) in [6, 6.07) is 2.16. The Bertz CT molecular complexity index is 745. The van der Waals surface area contributed by atoms with Crippen molar-refractivity contribution in [3.8, 4) is 0 Å². The molecular weight excluding hydrogens is 307 g/mol. The monoisotopic (exact) mass is 318 g/mol. The van der Waals surface area contributed by atoms with Crippen molar-refractivity contribution in [1.82, 2.24) is 14.5 Å². The number of hydrogen-bond donors (Lipinski definition) is 2. The smallest absolute Gasteiger partial charge is 0.243 e. The molecular formula is C11H12ClFN4O2S. The first-order chi connectivity index (χ1) is 9.29. The minimum Gasteiger partial charge on any atom is -0.396 e. The van der Waals surface area contributed by atoms with E-state index in [4.69, 9.17) is 17.3 Å². The van der Waals surface area contributed by atoms with Crippen LogP contribution < -0.4 is 10.5 Å². The van der Waals surface area contributed by atoms with Crippen molar-refractivity contribution in [2.24, 2.45) is 7.05 Å². The minimum absolute atomic E-state index is 0.0119. The summed E-state index contributed by atoms with van der Waals surface area (Å²) < 4.78 is 41.7. The van der Waals surface area contributed by atoms with Gasteiger partial charge in [-0.3, -0.25) is 4.68 Å². The lowest BCUT2D eigenvalue weighted by atomic mass is 10.3. The van der Waals surface area contributed by atoms with Crippen LogP contribution in [-0.2, 0) is 23.6 Å². The number of hydrogen-bond acceptors (Lipinski definition) is 4. The fraction of sp³-hybridized carbons (Fsp3) is 0.182. The number of nitrogens with two attached hydrogens (primary N) is 1. The molecule has 0 saturated heterocycles. The molecule has 0 spiro atoms. The van der Waals surface area contributed by atoms with E-state index in [1.54, 1.807) is 13.2 Å². The Morgan fingerprint density at radius 2 is 2.20 bits per heavy atom. The molecule has 3 N–H and O–H groups in total. The molecule has 0 aliphatic carbocycles. The van der Waals surface area contributed by atoms with Crippen LogP contribution in [0.3, 0.4) is 0 Å². The SMILES string of the molecule is Cn1cc(CNS(=O)(=O)c2cc(Cl)cc(N)c2F)cn1. The van der Waals surface area contributed by atoms with Gasteiger partial charge < -0.3 is 5.73 Å². The highest BCUT2D eigenvalue weighted by molar-refractivity contribution is 7.89. The van der Waals surface area contributed by atoms with E-state index in [0.717, 1.165) is 12.1 Å². The molecule has 20 heavy (non-hydrogen) atoms. The van der Waals surface area contributed by atoms with Crippen LogP contribution >= 0.6 is 11.6 Å². The Morgan fingerprint density at radius 1 is 1.50 bits per heavy atom. The molecule has 0 aliphatic heterocycles. The normalized spacial score (nSPS) is 11.8. The second-order valence-electron chi connectivity index (χ2n) is 4.15. The van der Waals surface area contributed by atoms with Crippen molar-refractivity contribution in [3.05, 3.63) is 40.9 Å². The summed E-state index contributed by atoms with van der Waals surface area (Å²) in [6.45, 7) is -0.0119. The first kappa shape index (κ1) is 14.8. The highest BCUT2D eigenvalue weighted by Gasteiger charge is 2.21. The molecule has 1 heterocycles. The van der Waals surface area contributed by atoms with E-state index >= 15 is 0 Å². The van der Waals surface area contributed by atoms with Crippen LogP contribution in [0.25, 0.3) is 0 Å². The van der Waals surface area contributed by atoms with Crippen LogP contribution in [0.15, 0.2) is 29.4 Å². The lowest BCUT2D eigenvalue weighted by Gasteiger charge is -2.08. The first-order valence-electron chi connectivity index (χ1n) is 5.51. The first-order valence-corrected chi connectivity index (χ1v) is 7.37. The summed E-state index contributed by atoms with van der Waals surface area (Å²) in [6.07, 6.45) is 3.15. The van der Waals surface area contributed by atoms with E-state index in [1.165, 1.54) is 10.9 Å². The zero-order valence-electron chi connectivity index (χ0n) is 10.5. The summed E-state index contributed by atoms with van der Waals surface area (Å²) in [5, 5.41) is 3.95. The van der Waals surface area contributed by atoms with Crippen molar-refractivity contribution in [3.63, 3.8) is 0 Å². The van der Waals surface area contributed by atoms with Gasteiger partial charge in [0.15, 0.2) is 5.82 Å². The molecule has 0 aliphatic rings. The molecule has 0 amide bonds. The maximum absolute atomic E-state index is 13.8. The van der Waals surface area contributed by atoms with Gasteiger partial charge in [-0.05, 0) is 12.1 Å². The molecule has 108 valence electrons. The van der Waals surface area contributed by atoms with Crippen molar-refractivity contribution in [2.75, 3.05) is 5.73 Å². The number of anilines is 1. The molecule has 9 heteroatoms. The Labute approximate surface area is 120 Å². The molecule has 0 atom stereocenters. The highest BCUT2D eigenvalue weighted by Crippen LogP contribution is 2.25. The predicted molar refractivity (Wildman–Crippen MR) is 73.1 cm³/mol. The number of aryl methyl sites for hydroxylation is 1. The van der Waals surface area contributed by atoms with Gasteiger partial charge in [-0.25, -0.2) is 17.5 Å². The topological polar surface area (TPSA) is 90.0 Å². The van der Waals surface area contributed by atoms with Crippen molar-refractivity contribution in [2.45, 2.75) is 11.4 Å². The molecule has 0 radical (unpaired) electrons. The van der Waals surface area contributed by atoms with Gasteiger partial charge in [0.25, 0.3) is 0 Å². The van der Waals surface area contributed by atoms with Gasteiger partial charge in [0, 0.05) is 30.4 Å². The number of aromatic nitrogens is 2. The maximum Gasteiger partial charge on any atom is 0.243 e. The van der Waals surface area contributed by atoms with E-state index < -0.39 is 20.7 Å². The zero-order valence-corrected chi connectivity index (χ0v) is 12.0. The number of halogens is 2. The van der Waals surface area contributed by atoms with Gasteiger partial charge >= 0.3 is 0 Å². The molecule has 0 unspecified atom stereocenters. The summed E-state index contributed by atoms with van der Waals surface area (Å²) in [4.78, 5) is -0.577. The lowest BCUT2D eigenvalue weighted by Crippen LogP contribution is -2.24. The number of nitrogens with zero attached hydrogens (tertiary/aromatic N) is 2. The Hall–Kier alpha value is -1.64. The van der Waals surface area contributed by atoms with Gasteiger partial charge in [-0.15, -0.1) is 0 Å². The molecule has 2 rings (SSSR count). The van der Waals surface area contributed by atoms with Crippen LogP contribution in [0.4, 0.5) is 10.1 Å². The van der Waals surface area contributed by atoms with Crippen LogP contribution in [0.2, 0.25) is 5.02 Å². The average Bonchev–Trinajstić information content (AvgIpc) is 2.77. The number of sulfonamides is 1. The summed E-state index contributed by atoms with van der Waals surface area (Å²) in [5.41, 5.74) is 5.69. The quantitative estimate of drug-likeness (QED) is 0.831. The molecule has 0 fully saturated rings. The highest BCUT2D eigenvalue weighted by atomic mass is 35.5. The lowest BCUT2D eigenvalue weighted by molar-refractivity contribution is 0.558. The minimum atomic E-state index is -4.05. The molecule has 0 bridgehead atoms. The van der Waals surface area contributed by atoms with Crippen LogP contribution in [0.1, 0.15) is 5.56 Å². The maximum atomic E-state index is 13.8. The molecule has 2 aromatic rings. The second-order valence-corrected chi connectivity index (χ2v) is 6.33. The third kappa shape index (κ3) is 3.09. The standard InChI is InChI=1S/C11H12ClFN4O2S/c1-17-6-7(4-15-17)5-16-20(18,19)10-3-8(12)2-9(14)11(10)13/h2-4,6,16H,5,14H2,1H3. The van der Waals surface area contributed by atoms with Gasteiger partial charge in [-0.1, -0.05) is 11.6 Å². The van der Waals surface area contributed by atoms with Crippen molar-refractivity contribution in [1.29, 1.82) is 0 Å².